The van der Waals surface area contributed by atoms with E-state index in [1.165, 1.54) is 0 Å². The molecule has 4 heteroatoms. The van der Waals surface area contributed by atoms with E-state index in [-0.39, 0.29) is 11.9 Å². The zero-order valence-corrected chi connectivity index (χ0v) is 12.1. The van der Waals surface area contributed by atoms with Crippen LogP contribution in [0.1, 0.15) is 38.2 Å². The lowest BCUT2D eigenvalue weighted by Crippen LogP contribution is -2.49. The van der Waals surface area contributed by atoms with Gasteiger partial charge in [-0.15, -0.1) is 0 Å². The van der Waals surface area contributed by atoms with E-state index >= 15 is 0 Å². The van der Waals surface area contributed by atoms with Crippen molar-refractivity contribution in [3.05, 3.63) is 29.8 Å². The van der Waals surface area contributed by atoms with Crippen LogP contribution in [-0.4, -0.2) is 29.3 Å². The van der Waals surface area contributed by atoms with Crippen molar-refractivity contribution in [1.82, 2.24) is 5.32 Å². The summed E-state index contributed by atoms with van der Waals surface area (Å²) >= 11 is 0. The van der Waals surface area contributed by atoms with Gasteiger partial charge in [-0.05, 0) is 38.8 Å². The molecule has 1 aromatic rings. The van der Waals surface area contributed by atoms with E-state index in [1.54, 1.807) is 6.92 Å². The van der Waals surface area contributed by atoms with Crippen LogP contribution >= 0.6 is 0 Å². The topological polar surface area (TPSA) is 58.6 Å². The Morgan fingerprint density at radius 1 is 1.30 bits per heavy atom. The number of benzene rings is 1. The number of aliphatic hydroxyl groups excluding tert-OH is 1. The van der Waals surface area contributed by atoms with Crippen molar-refractivity contribution in [3.63, 3.8) is 0 Å². The monoisotopic (exact) mass is 277 g/mol. The van der Waals surface area contributed by atoms with Gasteiger partial charge in [-0.25, -0.2) is 0 Å². The molecule has 3 atom stereocenters. The van der Waals surface area contributed by atoms with Crippen LogP contribution in [0, 0.1) is 6.92 Å². The third-order valence-electron chi connectivity index (χ3n) is 3.76. The van der Waals surface area contributed by atoms with E-state index in [9.17, 15) is 9.90 Å². The zero-order valence-electron chi connectivity index (χ0n) is 12.1. The summed E-state index contributed by atoms with van der Waals surface area (Å²) in [6.45, 7) is 3.73. The highest BCUT2D eigenvalue weighted by atomic mass is 16.5. The first-order chi connectivity index (χ1) is 9.56. The molecule has 0 aromatic heterocycles. The van der Waals surface area contributed by atoms with Crippen molar-refractivity contribution in [1.29, 1.82) is 0 Å². The summed E-state index contributed by atoms with van der Waals surface area (Å²) in [5, 5.41) is 12.8. The predicted octanol–water partition coefficient (Wildman–Crippen LogP) is 2.18. The Bertz CT molecular complexity index is 444. The lowest BCUT2D eigenvalue weighted by molar-refractivity contribution is -0.129. The summed E-state index contributed by atoms with van der Waals surface area (Å²) < 4.78 is 5.61. The first-order valence-corrected chi connectivity index (χ1v) is 7.28. The Hall–Kier alpha value is -1.55. The molecule has 110 valence electrons. The number of hydrogen-bond donors (Lipinski definition) is 2. The second-order valence-corrected chi connectivity index (χ2v) is 5.54. The molecule has 1 aliphatic rings. The van der Waals surface area contributed by atoms with E-state index < -0.39 is 12.2 Å². The molecule has 0 aliphatic heterocycles. The molecule has 2 N–H and O–H groups in total. The van der Waals surface area contributed by atoms with Gasteiger partial charge in [-0.2, -0.15) is 0 Å². The van der Waals surface area contributed by atoms with Gasteiger partial charge in [-0.3, -0.25) is 4.79 Å². The largest absolute Gasteiger partial charge is 0.481 e. The van der Waals surface area contributed by atoms with Crippen LogP contribution in [0.3, 0.4) is 0 Å². The quantitative estimate of drug-likeness (QED) is 0.887. The highest BCUT2D eigenvalue weighted by Gasteiger charge is 2.26. The summed E-state index contributed by atoms with van der Waals surface area (Å²) in [6.07, 6.45) is 2.69. The molecule has 0 saturated heterocycles. The molecule has 1 amide bonds. The molecule has 20 heavy (non-hydrogen) atoms. The van der Waals surface area contributed by atoms with Gasteiger partial charge < -0.3 is 15.2 Å². The Kier molecular flexibility index (Phi) is 5.01. The Morgan fingerprint density at radius 2 is 1.95 bits per heavy atom. The average molecular weight is 277 g/mol. The molecule has 2 rings (SSSR count). The Labute approximate surface area is 120 Å². The smallest absolute Gasteiger partial charge is 0.261 e. The van der Waals surface area contributed by atoms with Crippen LogP contribution < -0.4 is 10.1 Å². The number of ether oxygens (including phenoxy) is 1. The Balaban J connectivity index is 1.86. The molecule has 1 aromatic carbocycles. The molecule has 0 heterocycles. The standard InChI is InChI=1S/C16H23NO3/c1-11-7-9-13(10-8-11)20-12(2)16(19)17-14-5-3-4-6-15(14)18/h7-10,12,14-15,18H,3-6H2,1-2H3,(H,17,19). The fraction of sp³-hybridized carbons (Fsp3) is 0.562. The zero-order chi connectivity index (χ0) is 14.5. The molecule has 3 unspecified atom stereocenters. The van der Waals surface area contributed by atoms with E-state index in [0.29, 0.717) is 5.75 Å². The van der Waals surface area contributed by atoms with Crippen LogP contribution in [0.5, 0.6) is 5.75 Å². The van der Waals surface area contributed by atoms with E-state index in [4.69, 9.17) is 4.74 Å². The first kappa shape index (κ1) is 14.9. The van der Waals surface area contributed by atoms with Crippen LogP contribution in [-0.2, 0) is 4.79 Å². The molecule has 0 bridgehead atoms. The van der Waals surface area contributed by atoms with Gasteiger partial charge in [0.2, 0.25) is 0 Å². The highest BCUT2D eigenvalue weighted by Crippen LogP contribution is 2.19. The van der Waals surface area contributed by atoms with Crippen LogP contribution in [0.4, 0.5) is 0 Å². The number of aliphatic hydroxyl groups is 1. The molecule has 0 radical (unpaired) electrons. The normalized spacial score (nSPS) is 23.9. The maximum absolute atomic E-state index is 12.1. The summed E-state index contributed by atoms with van der Waals surface area (Å²) in [5.74, 6) is 0.513. The fourth-order valence-corrected chi connectivity index (χ4v) is 2.45. The molecule has 1 saturated carbocycles. The minimum Gasteiger partial charge on any atom is -0.481 e. The number of carbonyl (C=O) groups is 1. The van der Waals surface area contributed by atoms with Crippen LogP contribution in [0.15, 0.2) is 24.3 Å². The third kappa shape index (κ3) is 3.97. The van der Waals surface area contributed by atoms with E-state index in [2.05, 4.69) is 5.32 Å². The van der Waals surface area contributed by atoms with Gasteiger partial charge in [-0.1, -0.05) is 30.5 Å². The first-order valence-electron chi connectivity index (χ1n) is 7.28. The number of rotatable bonds is 4. The van der Waals surface area contributed by atoms with Crippen molar-refractivity contribution in [2.75, 3.05) is 0 Å². The predicted molar refractivity (Wildman–Crippen MR) is 77.7 cm³/mol. The fourth-order valence-electron chi connectivity index (χ4n) is 2.45. The maximum atomic E-state index is 12.1. The van der Waals surface area contributed by atoms with Crippen LogP contribution in [0.2, 0.25) is 0 Å². The van der Waals surface area contributed by atoms with Crippen LogP contribution in [0.25, 0.3) is 0 Å². The van der Waals surface area contributed by atoms with Crippen molar-refractivity contribution >= 4 is 5.91 Å². The second-order valence-electron chi connectivity index (χ2n) is 5.54. The van der Waals surface area contributed by atoms with Gasteiger partial charge in [0.25, 0.3) is 5.91 Å². The van der Waals surface area contributed by atoms with Crippen molar-refractivity contribution in [2.24, 2.45) is 0 Å². The summed E-state index contributed by atoms with van der Waals surface area (Å²) in [4.78, 5) is 12.1. The lowest BCUT2D eigenvalue weighted by atomic mass is 9.92. The summed E-state index contributed by atoms with van der Waals surface area (Å²) in [5.41, 5.74) is 1.15. The summed E-state index contributed by atoms with van der Waals surface area (Å²) in [7, 11) is 0. The van der Waals surface area contributed by atoms with Gasteiger partial charge >= 0.3 is 0 Å². The third-order valence-corrected chi connectivity index (χ3v) is 3.76. The summed E-state index contributed by atoms with van der Waals surface area (Å²) in [6, 6.07) is 7.47. The van der Waals surface area contributed by atoms with E-state index in [0.717, 1.165) is 31.2 Å². The molecule has 1 aliphatic carbocycles. The highest BCUT2D eigenvalue weighted by molar-refractivity contribution is 5.81. The minimum atomic E-state index is -0.563. The number of amides is 1. The van der Waals surface area contributed by atoms with Crippen molar-refractivity contribution < 1.29 is 14.6 Å². The van der Waals surface area contributed by atoms with Gasteiger partial charge in [0.15, 0.2) is 6.10 Å². The van der Waals surface area contributed by atoms with Crippen molar-refractivity contribution in [3.8, 4) is 5.75 Å². The average Bonchev–Trinajstić information content (AvgIpc) is 2.44. The minimum absolute atomic E-state index is 0.139. The number of hydrogen-bond acceptors (Lipinski definition) is 3. The van der Waals surface area contributed by atoms with Crippen molar-refractivity contribution in [2.45, 2.75) is 57.8 Å². The van der Waals surface area contributed by atoms with Gasteiger partial charge in [0.1, 0.15) is 5.75 Å². The van der Waals surface area contributed by atoms with Gasteiger partial charge in [0, 0.05) is 0 Å². The SMILES string of the molecule is Cc1ccc(OC(C)C(=O)NC2CCCCC2O)cc1. The number of aryl methyl sites for hydroxylation is 1. The number of nitrogens with one attached hydrogen (secondary N) is 1. The maximum Gasteiger partial charge on any atom is 0.261 e. The lowest BCUT2D eigenvalue weighted by Gasteiger charge is -2.29. The number of carbonyl (C=O) groups excluding carboxylic acids is 1. The van der Waals surface area contributed by atoms with Gasteiger partial charge in [0.05, 0.1) is 12.1 Å². The molecular formula is C16H23NO3. The van der Waals surface area contributed by atoms with E-state index in [1.807, 2.05) is 31.2 Å². The molecule has 1 fully saturated rings. The molecule has 4 nitrogen and oxygen atoms in total. The molecule has 0 spiro atoms. The Morgan fingerprint density at radius 3 is 2.60 bits per heavy atom. The molecular weight excluding hydrogens is 254 g/mol. The second kappa shape index (κ2) is 6.75.